The van der Waals surface area contributed by atoms with Gasteiger partial charge >= 0.3 is 0 Å². The topological polar surface area (TPSA) is 66.4 Å². The van der Waals surface area contributed by atoms with Gasteiger partial charge in [-0.25, -0.2) is 13.1 Å². The zero-order valence-corrected chi connectivity index (χ0v) is 13.5. The summed E-state index contributed by atoms with van der Waals surface area (Å²) in [5, 5.41) is 8.80. The van der Waals surface area contributed by atoms with Gasteiger partial charge in [-0.2, -0.15) is 0 Å². The lowest BCUT2D eigenvalue weighted by molar-refractivity contribution is 0.133. The molecule has 0 bridgehead atoms. The minimum atomic E-state index is -3.42. The van der Waals surface area contributed by atoms with Crippen molar-refractivity contribution in [3.8, 4) is 0 Å². The number of aliphatic hydroxyl groups excluding tert-OH is 1. The number of hydrogen-bond donors (Lipinski definition) is 2. The van der Waals surface area contributed by atoms with Crippen LogP contribution in [0.25, 0.3) is 0 Å². The minimum absolute atomic E-state index is 0.153. The molecule has 118 valence electrons. The normalized spacial score (nSPS) is 17.4. The van der Waals surface area contributed by atoms with Crippen molar-refractivity contribution in [2.45, 2.75) is 50.3 Å². The Morgan fingerprint density at radius 2 is 1.90 bits per heavy atom. The molecule has 0 spiro atoms. The molecule has 2 N–H and O–H groups in total. The summed E-state index contributed by atoms with van der Waals surface area (Å²) in [6.07, 6.45) is 5.93. The zero-order valence-electron chi connectivity index (χ0n) is 12.6. The average molecular weight is 311 g/mol. The number of aryl methyl sites for hydroxylation is 1. The summed E-state index contributed by atoms with van der Waals surface area (Å²) in [4.78, 5) is 0.320. The van der Waals surface area contributed by atoms with E-state index in [2.05, 4.69) is 11.6 Å². The number of nitrogens with one attached hydrogen (secondary N) is 1. The molecule has 2 rings (SSSR count). The molecule has 0 atom stereocenters. The number of hydrogen-bond acceptors (Lipinski definition) is 3. The summed E-state index contributed by atoms with van der Waals surface area (Å²) < 4.78 is 27.4. The maximum absolute atomic E-state index is 12.3. The van der Waals surface area contributed by atoms with Gasteiger partial charge in [-0.05, 0) is 55.2 Å². The van der Waals surface area contributed by atoms with Crippen molar-refractivity contribution in [3.05, 3.63) is 29.8 Å². The van der Waals surface area contributed by atoms with Crippen LogP contribution in [0.4, 0.5) is 0 Å². The van der Waals surface area contributed by atoms with Crippen molar-refractivity contribution in [2.75, 3.05) is 13.2 Å². The molecule has 1 fully saturated rings. The Morgan fingerprint density at radius 1 is 1.24 bits per heavy atom. The summed E-state index contributed by atoms with van der Waals surface area (Å²) >= 11 is 0. The molecule has 1 aliphatic rings. The Balaban J connectivity index is 1.98. The molecule has 0 aromatic heterocycles. The highest BCUT2D eigenvalue weighted by Gasteiger charge is 2.36. The molecule has 0 aliphatic heterocycles. The first-order chi connectivity index (χ1) is 10.0. The van der Waals surface area contributed by atoms with Crippen molar-refractivity contribution >= 4 is 10.0 Å². The van der Waals surface area contributed by atoms with E-state index in [0.29, 0.717) is 17.9 Å². The molecule has 0 heterocycles. The van der Waals surface area contributed by atoms with Crippen LogP contribution in [0.2, 0.25) is 0 Å². The van der Waals surface area contributed by atoms with Gasteiger partial charge in [-0.1, -0.05) is 25.5 Å². The Labute approximate surface area is 127 Å². The van der Waals surface area contributed by atoms with Crippen LogP contribution >= 0.6 is 0 Å². The van der Waals surface area contributed by atoms with E-state index in [0.717, 1.165) is 31.2 Å². The second-order valence-electron chi connectivity index (χ2n) is 6.00. The maximum Gasteiger partial charge on any atom is 0.240 e. The van der Waals surface area contributed by atoms with Crippen molar-refractivity contribution in [3.63, 3.8) is 0 Å². The fraction of sp³-hybridized carbons (Fsp3) is 0.625. The first kappa shape index (κ1) is 16.5. The van der Waals surface area contributed by atoms with E-state index in [4.69, 9.17) is 5.11 Å². The predicted octanol–water partition coefficient (Wildman–Crippen LogP) is 2.47. The van der Waals surface area contributed by atoms with Crippen LogP contribution in [0.5, 0.6) is 0 Å². The molecular weight excluding hydrogens is 286 g/mol. The van der Waals surface area contributed by atoms with Crippen LogP contribution in [0, 0.1) is 5.41 Å². The highest BCUT2D eigenvalue weighted by atomic mass is 32.2. The van der Waals surface area contributed by atoms with Crippen LogP contribution in [0.3, 0.4) is 0 Å². The van der Waals surface area contributed by atoms with E-state index in [9.17, 15) is 8.42 Å². The molecule has 1 aliphatic carbocycles. The first-order valence-corrected chi connectivity index (χ1v) is 9.19. The fourth-order valence-corrected chi connectivity index (χ4v) is 3.94. The fourth-order valence-electron chi connectivity index (χ4n) is 2.78. The number of aliphatic hydroxyl groups is 1. The van der Waals surface area contributed by atoms with Gasteiger partial charge in [-0.15, -0.1) is 0 Å². The summed E-state index contributed by atoms with van der Waals surface area (Å²) in [7, 11) is -3.42. The van der Waals surface area contributed by atoms with Gasteiger partial charge in [0.1, 0.15) is 0 Å². The van der Waals surface area contributed by atoms with Crippen molar-refractivity contribution in [2.24, 2.45) is 5.41 Å². The quantitative estimate of drug-likeness (QED) is 0.775. The molecule has 5 heteroatoms. The monoisotopic (exact) mass is 311 g/mol. The Morgan fingerprint density at radius 3 is 2.38 bits per heavy atom. The summed E-state index contributed by atoms with van der Waals surface area (Å²) in [6, 6.07) is 6.94. The standard InChI is InChI=1S/C16H25NO3S/c1-2-16(10-4-11-16)13-17-21(19,20)15-8-6-14(7-9-15)5-3-12-18/h6-9,17-18H,2-5,10-13H2,1H3. The Kier molecular flexibility index (Phi) is 5.41. The summed E-state index contributed by atoms with van der Waals surface area (Å²) in [5.74, 6) is 0. The van der Waals surface area contributed by atoms with Gasteiger partial charge in [0, 0.05) is 13.2 Å². The smallest absolute Gasteiger partial charge is 0.240 e. The lowest BCUT2D eigenvalue weighted by Gasteiger charge is -2.41. The van der Waals surface area contributed by atoms with Gasteiger partial charge in [0.05, 0.1) is 4.90 Å². The van der Waals surface area contributed by atoms with Crippen molar-refractivity contribution in [1.29, 1.82) is 0 Å². The first-order valence-electron chi connectivity index (χ1n) is 7.71. The molecule has 0 saturated heterocycles. The van der Waals surface area contributed by atoms with Crippen LogP contribution in [-0.4, -0.2) is 26.7 Å². The van der Waals surface area contributed by atoms with Crippen LogP contribution in [0.15, 0.2) is 29.2 Å². The van der Waals surface area contributed by atoms with E-state index in [1.165, 1.54) is 6.42 Å². The third-order valence-corrected chi connectivity index (χ3v) is 6.08. The van der Waals surface area contributed by atoms with Gasteiger partial charge in [0.25, 0.3) is 0 Å². The Bertz CT molecular complexity index is 542. The second-order valence-corrected chi connectivity index (χ2v) is 7.77. The lowest BCUT2D eigenvalue weighted by Crippen LogP contribution is -2.41. The number of benzene rings is 1. The summed E-state index contributed by atoms with van der Waals surface area (Å²) in [5.41, 5.74) is 1.22. The minimum Gasteiger partial charge on any atom is -0.396 e. The molecule has 4 nitrogen and oxygen atoms in total. The average Bonchev–Trinajstić information content (AvgIpc) is 2.45. The van der Waals surface area contributed by atoms with Crippen molar-refractivity contribution in [1.82, 2.24) is 4.72 Å². The van der Waals surface area contributed by atoms with E-state index in [-0.39, 0.29) is 12.0 Å². The summed E-state index contributed by atoms with van der Waals surface area (Å²) in [6.45, 7) is 2.82. The van der Waals surface area contributed by atoms with E-state index in [1.807, 2.05) is 12.1 Å². The van der Waals surface area contributed by atoms with E-state index >= 15 is 0 Å². The van der Waals surface area contributed by atoms with E-state index < -0.39 is 10.0 Å². The van der Waals surface area contributed by atoms with Crippen LogP contribution in [-0.2, 0) is 16.4 Å². The van der Waals surface area contributed by atoms with Crippen LogP contribution < -0.4 is 4.72 Å². The molecule has 1 aromatic carbocycles. The largest absolute Gasteiger partial charge is 0.396 e. The van der Waals surface area contributed by atoms with Gasteiger partial charge < -0.3 is 5.11 Å². The molecule has 0 unspecified atom stereocenters. The Hall–Kier alpha value is -0.910. The number of rotatable bonds is 8. The maximum atomic E-state index is 12.3. The van der Waals surface area contributed by atoms with Gasteiger partial charge in [0.15, 0.2) is 0 Å². The third kappa shape index (κ3) is 4.05. The molecular formula is C16H25NO3S. The van der Waals surface area contributed by atoms with Gasteiger partial charge in [0.2, 0.25) is 10.0 Å². The van der Waals surface area contributed by atoms with Crippen molar-refractivity contribution < 1.29 is 13.5 Å². The van der Waals surface area contributed by atoms with Gasteiger partial charge in [-0.3, -0.25) is 0 Å². The highest BCUT2D eigenvalue weighted by Crippen LogP contribution is 2.43. The molecule has 0 radical (unpaired) electrons. The zero-order chi connectivity index (χ0) is 15.3. The lowest BCUT2D eigenvalue weighted by atomic mass is 9.67. The second kappa shape index (κ2) is 6.90. The molecule has 1 aromatic rings. The molecule has 21 heavy (non-hydrogen) atoms. The third-order valence-electron chi connectivity index (χ3n) is 4.66. The predicted molar refractivity (Wildman–Crippen MR) is 83.6 cm³/mol. The van der Waals surface area contributed by atoms with E-state index in [1.54, 1.807) is 12.1 Å². The highest BCUT2D eigenvalue weighted by molar-refractivity contribution is 7.89. The SMILES string of the molecule is CCC1(CNS(=O)(=O)c2ccc(CCCO)cc2)CCC1. The molecule has 1 saturated carbocycles. The number of sulfonamides is 1. The molecule has 0 amide bonds. The van der Waals surface area contributed by atoms with Crippen LogP contribution in [0.1, 0.15) is 44.6 Å².